The highest BCUT2D eigenvalue weighted by atomic mass is 16.5. The van der Waals surface area contributed by atoms with E-state index in [0.29, 0.717) is 30.3 Å². The number of rotatable bonds is 5. The Morgan fingerprint density at radius 2 is 1.84 bits per heavy atom. The van der Waals surface area contributed by atoms with Crippen molar-refractivity contribution in [2.45, 2.75) is 6.42 Å². The molecule has 0 radical (unpaired) electrons. The zero-order valence-electron chi connectivity index (χ0n) is 14.3. The van der Waals surface area contributed by atoms with Crippen LogP contribution in [0.15, 0.2) is 52.6 Å². The molecule has 2 N–H and O–H groups in total. The Balaban J connectivity index is 2.15. The molecule has 1 aliphatic rings. The van der Waals surface area contributed by atoms with Crippen molar-refractivity contribution in [1.82, 2.24) is 5.43 Å². The van der Waals surface area contributed by atoms with Gasteiger partial charge in [-0.05, 0) is 17.7 Å². The van der Waals surface area contributed by atoms with E-state index in [-0.39, 0.29) is 6.61 Å². The zero-order chi connectivity index (χ0) is 17.6. The van der Waals surface area contributed by atoms with Gasteiger partial charge >= 0.3 is 0 Å². The minimum atomic E-state index is -0.000766. The average molecular weight is 339 g/mol. The third kappa shape index (κ3) is 3.64. The molecule has 2 aromatic rings. The van der Waals surface area contributed by atoms with E-state index >= 15 is 0 Å². The maximum atomic E-state index is 9.04. The number of aliphatic hydroxyl groups is 1. The van der Waals surface area contributed by atoms with Crippen LogP contribution < -0.4 is 14.9 Å². The predicted octanol–water partition coefficient (Wildman–Crippen LogP) is 1.99. The molecule has 0 saturated heterocycles. The molecule has 2 aromatic carbocycles. The number of ether oxygens (including phenoxy) is 2. The maximum absolute atomic E-state index is 9.04. The van der Waals surface area contributed by atoms with E-state index in [1.54, 1.807) is 14.2 Å². The van der Waals surface area contributed by atoms with E-state index in [1.165, 1.54) is 0 Å². The number of hydrazone groups is 1. The van der Waals surface area contributed by atoms with Crippen LogP contribution in [0.4, 0.5) is 0 Å². The summed E-state index contributed by atoms with van der Waals surface area (Å²) in [6, 6.07) is 13.8. The molecule has 6 heteroatoms. The normalized spacial score (nSPS) is 15.0. The van der Waals surface area contributed by atoms with Crippen molar-refractivity contribution < 1.29 is 14.6 Å². The maximum Gasteiger partial charge on any atom is 0.161 e. The standard InChI is InChI=1S/C19H21N3O3/c1-24-16-10-14-11-18(20-8-9-23)21-22-19(13-6-4-3-5-7-13)15(14)12-17(16)25-2/h3-7,10,12,23H,8-9,11H2,1-2H3,(H,20,21). The third-order valence-corrected chi connectivity index (χ3v) is 3.97. The SMILES string of the molecule is COc1cc2c(cc1OC)C(c1ccccc1)=NNC(=NCCO)C2. The number of hydrogen-bond donors (Lipinski definition) is 2. The number of aliphatic imine (C=N–C) groups is 1. The first-order valence-electron chi connectivity index (χ1n) is 8.05. The van der Waals surface area contributed by atoms with Crippen LogP contribution in [-0.4, -0.2) is 44.0 Å². The third-order valence-electron chi connectivity index (χ3n) is 3.97. The Hall–Kier alpha value is -2.86. The molecule has 1 heterocycles. The van der Waals surface area contributed by atoms with Gasteiger partial charge in [-0.3, -0.25) is 10.4 Å². The van der Waals surface area contributed by atoms with E-state index in [4.69, 9.17) is 14.6 Å². The first-order chi connectivity index (χ1) is 12.3. The van der Waals surface area contributed by atoms with Crippen molar-refractivity contribution in [3.63, 3.8) is 0 Å². The lowest BCUT2D eigenvalue weighted by molar-refractivity contribution is 0.306. The summed E-state index contributed by atoms with van der Waals surface area (Å²) in [4.78, 5) is 4.36. The van der Waals surface area contributed by atoms with Crippen molar-refractivity contribution in [2.24, 2.45) is 10.1 Å². The van der Waals surface area contributed by atoms with Crippen LogP contribution in [-0.2, 0) is 6.42 Å². The van der Waals surface area contributed by atoms with Crippen LogP contribution >= 0.6 is 0 Å². The molecule has 0 saturated carbocycles. The summed E-state index contributed by atoms with van der Waals surface area (Å²) < 4.78 is 10.9. The molecule has 6 nitrogen and oxygen atoms in total. The van der Waals surface area contributed by atoms with Crippen LogP contribution in [0.2, 0.25) is 0 Å². The minimum Gasteiger partial charge on any atom is -0.493 e. The molecule has 0 aliphatic carbocycles. The van der Waals surface area contributed by atoms with Crippen LogP contribution in [0, 0.1) is 0 Å². The van der Waals surface area contributed by atoms with Crippen LogP contribution in [0.5, 0.6) is 11.5 Å². The summed E-state index contributed by atoms with van der Waals surface area (Å²) in [5.74, 6) is 2.02. The molecule has 130 valence electrons. The smallest absolute Gasteiger partial charge is 0.161 e. The van der Waals surface area contributed by atoms with E-state index in [2.05, 4.69) is 15.5 Å². The molecular weight excluding hydrogens is 318 g/mol. The highest BCUT2D eigenvalue weighted by Crippen LogP contribution is 2.33. The summed E-state index contributed by atoms with van der Waals surface area (Å²) in [5.41, 5.74) is 6.83. The van der Waals surface area contributed by atoms with Crippen molar-refractivity contribution in [3.05, 3.63) is 59.2 Å². The number of aliphatic hydroxyl groups excluding tert-OH is 1. The minimum absolute atomic E-state index is 0.000766. The summed E-state index contributed by atoms with van der Waals surface area (Å²) in [6.45, 7) is 0.334. The molecule has 0 aromatic heterocycles. The summed E-state index contributed by atoms with van der Waals surface area (Å²) >= 11 is 0. The Labute approximate surface area is 146 Å². The molecule has 0 bridgehead atoms. The van der Waals surface area contributed by atoms with Crippen molar-refractivity contribution in [2.75, 3.05) is 27.4 Å². The molecule has 3 rings (SSSR count). The lowest BCUT2D eigenvalue weighted by Gasteiger charge is -2.14. The highest BCUT2D eigenvalue weighted by molar-refractivity contribution is 6.15. The number of amidine groups is 1. The number of benzene rings is 2. The molecule has 0 fully saturated rings. The fraction of sp³-hybridized carbons (Fsp3) is 0.263. The largest absolute Gasteiger partial charge is 0.493 e. The Kier molecular flexibility index (Phi) is 5.30. The summed E-state index contributed by atoms with van der Waals surface area (Å²) in [5, 5.41) is 13.6. The Bertz CT molecular complexity index is 801. The van der Waals surface area contributed by atoms with Gasteiger partial charge < -0.3 is 14.6 Å². The fourth-order valence-corrected chi connectivity index (χ4v) is 2.78. The zero-order valence-corrected chi connectivity index (χ0v) is 14.3. The highest BCUT2D eigenvalue weighted by Gasteiger charge is 2.21. The van der Waals surface area contributed by atoms with Gasteiger partial charge in [-0.15, -0.1) is 0 Å². The van der Waals surface area contributed by atoms with Gasteiger partial charge in [-0.2, -0.15) is 5.10 Å². The van der Waals surface area contributed by atoms with Crippen LogP contribution in [0.25, 0.3) is 0 Å². The second-order valence-electron chi connectivity index (χ2n) is 5.53. The number of methoxy groups -OCH3 is 2. The average Bonchev–Trinajstić information content (AvgIpc) is 2.84. The number of hydrogen-bond acceptors (Lipinski definition) is 5. The van der Waals surface area contributed by atoms with E-state index in [9.17, 15) is 0 Å². The van der Waals surface area contributed by atoms with Gasteiger partial charge in [0, 0.05) is 17.5 Å². The number of fused-ring (bicyclic) bond motifs is 1. The molecule has 25 heavy (non-hydrogen) atoms. The van der Waals surface area contributed by atoms with E-state index in [0.717, 1.165) is 22.4 Å². The van der Waals surface area contributed by atoms with E-state index in [1.807, 2.05) is 42.5 Å². The van der Waals surface area contributed by atoms with Crippen molar-refractivity contribution >= 4 is 11.5 Å². The Morgan fingerprint density at radius 1 is 1.12 bits per heavy atom. The predicted molar refractivity (Wildman–Crippen MR) is 97.9 cm³/mol. The second kappa shape index (κ2) is 7.81. The quantitative estimate of drug-likeness (QED) is 0.874. The monoisotopic (exact) mass is 339 g/mol. The molecule has 0 atom stereocenters. The van der Waals surface area contributed by atoms with Gasteiger partial charge in [0.2, 0.25) is 0 Å². The van der Waals surface area contributed by atoms with Gasteiger partial charge in [0.15, 0.2) is 11.5 Å². The molecule has 1 aliphatic heterocycles. The topological polar surface area (TPSA) is 75.4 Å². The van der Waals surface area contributed by atoms with Gasteiger partial charge in [0.25, 0.3) is 0 Å². The first kappa shape index (κ1) is 17.0. The Morgan fingerprint density at radius 3 is 2.52 bits per heavy atom. The molecule has 0 unspecified atom stereocenters. The van der Waals surface area contributed by atoms with Gasteiger partial charge in [0.05, 0.1) is 33.1 Å². The van der Waals surface area contributed by atoms with Crippen molar-refractivity contribution in [1.29, 1.82) is 0 Å². The lowest BCUT2D eigenvalue weighted by atomic mass is 9.95. The van der Waals surface area contributed by atoms with Gasteiger partial charge in [-0.1, -0.05) is 30.3 Å². The van der Waals surface area contributed by atoms with Crippen LogP contribution in [0.1, 0.15) is 16.7 Å². The molecular formula is C19H21N3O3. The van der Waals surface area contributed by atoms with Crippen molar-refractivity contribution in [3.8, 4) is 11.5 Å². The number of nitrogens with one attached hydrogen (secondary N) is 1. The fourth-order valence-electron chi connectivity index (χ4n) is 2.78. The summed E-state index contributed by atoms with van der Waals surface area (Å²) in [7, 11) is 3.23. The van der Waals surface area contributed by atoms with Gasteiger partial charge in [0.1, 0.15) is 5.84 Å². The first-order valence-corrected chi connectivity index (χ1v) is 8.05. The van der Waals surface area contributed by atoms with E-state index < -0.39 is 0 Å². The second-order valence-corrected chi connectivity index (χ2v) is 5.53. The lowest BCUT2D eigenvalue weighted by Crippen LogP contribution is -2.20. The summed E-state index contributed by atoms with van der Waals surface area (Å²) in [6.07, 6.45) is 0.565. The molecule has 0 spiro atoms. The van der Waals surface area contributed by atoms with Crippen LogP contribution in [0.3, 0.4) is 0 Å². The number of nitrogens with zero attached hydrogens (tertiary/aromatic N) is 2. The molecule has 0 amide bonds. The van der Waals surface area contributed by atoms with Gasteiger partial charge in [-0.25, -0.2) is 0 Å².